The van der Waals surface area contributed by atoms with Crippen LogP contribution >= 0.6 is 11.6 Å². The molecule has 3 aromatic rings. The van der Waals surface area contributed by atoms with E-state index >= 15 is 0 Å². The van der Waals surface area contributed by atoms with E-state index in [1.807, 2.05) is 19.2 Å². The molecule has 1 aliphatic carbocycles. The van der Waals surface area contributed by atoms with Crippen molar-refractivity contribution in [2.75, 3.05) is 18.6 Å². The summed E-state index contributed by atoms with van der Waals surface area (Å²) in [5, 5.41) is 34.9. The topological polar surface area (TPSA) is 117 Å². The van der Waals surface area contributed by atoms with Crippen LogP contribution in [0.3, 0.4) is 0 Å². The maximum Gasteiger partial charge on any atom is 0.226 e. The Morgan fingerprint density at radius 2 is 2.03 bits per heavy atom. The lowest BCUT2D eigenvalue weighted by Gasteiger charge is -2.27. The van der Waals surface area contributed by atoms with Crippen LogP contribution in [-0.2, 0) is 11.2 Å². The van der Waals surface area contributed by atoms with Gasteiger partial charge in [0.1, 0.15) is 24.1 Å². The van der Waals surface area contributed by atoms with Gasteiger partial charge in [0.2, 0.25) is 5.28 Å². The average molecular weight is 432 g/mol. The Balaban J connectivity index is 1.55. The molecule has 1 aromatic carbocycles. The van der Waals surface area contributed by atoms with Crippen molar-refractivity contribution in [1.82, 2.24) is 19.7 Å². The van der Waals surface area contributed by atoms with E-state index in [-0.39, 0.29) is 11.3 Å². The molecule has 1 aliphatic heterocycles. The van der Waals surface area contributed by atoms with Crippen LogP contribution in [-0.4, -0.2) is 67.0 Å². The lowest BCUT2D eigenvalue weighted by atomic mass is 10.1. The molecule has 2 aliphatic rings. The van der Waals surface area contributed by atoms with Gasteiger partial charge in [-0.1, -0.05) is 24.3 Å². The van der Waals surface area contributed by atoms with Crippen LogP contribution in [0.15, 0.2) is 30.5 Å². The first-order valence-electron chi connectivity index (χ1n) is 9.83. The zero-order chi connectivity index (χ0) is 21.0. The third-order valence-electron chi connectivity index (χ3n) is 6.07. The predicted octanol–water partition coefficient (Wildman–Crippen LogP) is 1.21. The molecule has 3 N–H and O–H groups in total. The number of nitrogens with zero attached hydrogens (tertiary/aromatic N) is 5. The summed E-state index contributed by atoms with van der Waals surface area (Å²) in [5.74, 6) is 0.629. The van der Waals surface area contributed by atoms with E-state index < -0.39 is 31.1 Å². The number of halogens is 1. The van der Waals surface area contributed by atoms with Crippen LogP contribution in [0.4, 0.5) is 5.82 Å². The van der Waals surface area contributed by atoms with Crippen molar-refractivity contribution in [3.05, 3.63) is 46.9 Å². The summed E-state index contributed by atoms with van der Waals surface area (Å²) >= 11 is 6.25. The van der Waals surface area contributed by atoms with Gasteiger partial charge in [-0.25, -0.2) is 4.68 Å². The van der Waals surface area contributed by atoms with Crippen LogP contribution < -0.4 is 4.90 Å². The number of benzene rings is 1. The Morgan fingerprint density at radius 1 is 1.23 bits per heavy atom. The van der Waals surface area contributed by atoms with Gasteiger partial charge in [-0.05, 0) is 35.6 Å². The minimum atomic E-state index is -1.26. The normalized spacial score (nSPS) is 28.2. The van der Waals surface area contributed by atoms with Crippen molar-refractivity contribution >= 4 is 28.5 Å². The highest BCUT2D eigenvalue weighted by Gasteiger charge is 2.44. The number of fused-ring (bicyclic) bond motifs is 2. The number of anilines is 1. The van der Waals surface area contributed by atoms with Gasteiger partial charge >= 0.3 is 0 Å². The van der Waals surface area contributed by atoms with Crippen molar-refractivity contribution in [3.63, 3.8) is 0 Å². The zero-order valence-corrected chi connectivity index (χ0v) is 17.0. The summed E-state index contributed by atoms with van der Waals surface area (Å²) in [6.45, 7) is -0.418. The Morgan fingerprint density at radius 3 is 2.80 bits per heavy atom. The van der Waals surface area contributed by atoms with E-state index in [1.165, 1.54) is 15.8 Å². The van der Waals surface area contributed by atoms with Crippen molar-refractivity contribution in [2.24, 2.45) is 0 Å². The highest BCUT2D eigenvalue weighted by molar-refractivity contribution is 6.28. The number of hydrogen-bond donors (Lipinski definition) is 3. The van der Waals surface area contributed by atoms with Crippen molar-refractivity contribution in [2.45, 2.75) is 43.4 Å². The highest BCUT2D eigenvalue weighted by Crippen LogP contribution is 2.39. The van der Waals surface area contributed by atoms with Gasteiger partial charge in [0.05, 0.1) is 24.2 Å². The van der Waals surface area contributed by atoms with Crippen LogP contribution in [0.1, 0.15) is 29.8 Å². The van der Waals surface area contributed by atoms with E-state index in [9.17, 15) is 15.3 Å². The quantitative estimate of drug-likeness (QED) is 0.528. The van der Waals surface area contributed by atoms with Gasteiger partial charge in [-0.2, -0.15) is 15.1 Å². The third-order valence-corrected chi connectivity index (χ3v) is 6.24. The van der Waals surface area contributed by atoms with E-state index in [1.54, 1.807) is 6.20 Å². The molecule has 0 spiro atoms. The second-order valence-corrected chi connectivity index (χ2v) is 8.07. The van der Waals surface area contributed by atoms with E-state index in [0.717, 1.165) is 12.8 Å². The van der Waals surface area contributed by atoms with Crippen molar-refractivity contribution < 1.29 is 20.1 Å². The largest absolute Gasteiger partial charge is 0.394 e. The fourth-order valence-corrected chi connectivity index (χ4v) is 4.67. The van der Waals surface area contributed by atoms with E-state index in [4.69, 9.17) is 16.3 Å². The molecule has 0 bridgehead atoms. The van der Waals surface area contributed by atoms with E-state index in [2.05, 4.69) is 32.1 Å². The summed E-state index contributed by atoms with van der Waals surface area (Å²) in [6, 6.07) is 8.50. The Bertz CT molecular complexity index is 1090. The molecule has 10 heteroatoms. The molecule has 0 saturated carbocycles. The van der Waals surface area contributed by atoms with Gasteiger partial charge < -0.3 is 25.0 Å². The van der Waals surface area contributed by atoms with Crippen LogP contribution in [0.5, 0.6) is 0 Å². The number of ether oxygens (including phenoxy) is 1. The summed E-state index contributed by atoms with van der Waals surface area (Å²) < 4.78 is 6.99. The first kappa shape index (κ1) is 19.7. The summed E-state index contributed by atoms with van der Waals surface area (Å²) in [6.07, 6.45) is -0.829. The Labute approximate surface area is 177 Å². The number of aliphatic hydroxyl groups is 3. The number of hydrogen-bond acceptors (Lipinski definition) is 8. The smallest absolute Gasteiger partial charge is 0.226 e. The molecule has 5 atom stereocenters. The maximum atomic E-state index is 10.4. The first-order chi connectivity index (χ1) is 14.5. The molecular weight excluding hydrogens is 410 g/mol. The van der Waals surface area contributed by atoms with Gasteiger partial charge in [0, 0.05) is 7.05 Å². The second kappa shape index (κ2) is 7.44. The lowest BCUT2D eigenvalue weighted by molar-refractivity contribution is -0.0566. The van der Waals surface area contributed by atoms with Gasteiger partial charge in [0.25, 0.3) is 0 Å². The summed E-state index contributed by atoms with van der Waals surface area (Å²) in [5.41, 5.74) is 2.98. The minimum Gasteiger partial charge on any atom is -0.394 e. The summed E-state index contributed by atoms with van der Waals surface area (Å²) in [7, 11) is 1.97. The fraction of sp³-hybridized carbons (Fsp3) is 0.450. The summed E-state index contributed by atoms with van der Waals surface area (Å²) in [4.78, 5) is 10.8. The number of aromatic nitrogens is 4. The highest BCUT2D eigenvalue weighted by atomic mass is 35.5. The monoisotopic (exact) mass is 431 g/mol. The molecule has 3 heterocycles. The Kier molecular flexibility index (Phi) is 4.87. The van der Waals surface area contributed by atoms with Gasteiger partial charge in [0.15, 0.2) is 11.9 Å². The average Bonchev–Trinajstić information content (AvgIpc) is 3.43. The van der Waals surface area contributed by atoms with Gasteiger partial charge in [-0.3, -0.25) is 0 Å². The van der Waals surface area contributed by atoms with Crippen molar-refractivity contribution in [3.8, 4) is 0 Å². The third kappa shape index (κ3) is 2.97. The van der Waals surface area contributed by atoms with Crippen molar-refractivity contribution in [1.29, 1.82) is 0 Å². The van der Waals surface area contributed by atoms with E-state index in [0.29, 0.717) is 16.9 Å². The van der Waals surface area contributed by atoms with Gasteiger partial charge in [-0.15, -0.1) is 0 Å². The molecular formula is C20H22ClN5O4. The molecule has 1 saturated heterocycles. The zero-order valence-electron chi connectivity index (χ0n) is 16.3. The molecule has 1 fully saturated rings. The number of aryl methyl sites for hydroxylation is 1. The predicted molar refractivity (Wildman–Crippen MR) is 109 cm³/mol. The molecule has 0 unspecified atom stereocenters. The second-order valence-electron chi connectivity index (χ2n) is 7.74. The molecule has 30 heavy (non-hydrogen) atoms. The molecule has 158 valence electrons. The maximum absolute atomic E-state index is 10.4. The minimum absolute atomic E-state index is 0.0455. The standard InChI is InChI=1S/C20H22ClN5O4/c1-25(13-7-6-10-4-2-3-5-11(10)13)17-12-8-22-26(18(12)24-20(21)23-17)19-16(29)15(28)14(9-27)30-19/h2-5,8,13-16,19,27-29H,6-7,9H2,1H3/t13-,14+,15+,16+,19+/m0/s1. The van der Waals surface area contributed by atoms with Crippen LogP contribution in [0.2, 0.25) is 5.28 Å². The fourth-order valence-electron chi connectivity index (χ4n) is 4.51. The SMILES string of the molecule is CN(c1nc(Cl)nc2c1cnn2[C@@H]1O[C@H](CO)[C@@H](O)[C@H]1O)[C@H]1CCc2ccccc21. The molecule has 0 amide bonds. The number of rotatable bonds is 4. The van der Waals surface area contributed by atoms with Crippen LogP contribution in [0.25, 0.3) is 11.0 Å². The molecule has 5 rings (SSSR count). The Hall–Kier alpha value is -2.30. The van der Waals surface area contributed by atoms with Crippen LogP contribution in [0, 0.1) is 0 Å². The molecule has 2 aromatic heterocycles. The molecule has 9 nitrogen and oxygen atoms in total. The lowest BCUT2D eigenvalue weighted by Crippen LogP contribution is -2.33. The molecule has 0 radical (unpaired) electrons. The number of aliphatic hydroxyl groups excluding tert-OH is 3. The first-order valence-corrected chi connectivity index (χ1v) is 10.2.